The van der Waals surface area contributed by atoms with Gasteiger partial charge in [-0.15, -0.1) is 0 Å². The number of sulfonamides is 1. The number of aliphatic hydroxyl groups is 1. The van der Waals surface area contributed by atoms with Gasteiger partial charge < -0.3 is 35.3 Å². The molecule has 0 aromatic heterocycles. The Balaban J connectivity index is 0.761. The van der Waals surface area contributed by atoms with Crippen LogP contribution in [0.1, 0.15) is 57.1 Å². The van der Waals surface area contributed by atoms with E-state index >= 15 is 0 Å². The Bertz CT molecular complexity index is 2550. The van der Waals surface area contributed by atoms with Crippen molar-refractivity contribution in [2.24, 2.45) is 5.92 Å². The van der Waals surface area contributed by atoms with Gasteiger partial charge in [0.1, 0.15) is 12.6 Å². The standard InChI is InChI=1S/C46H50N6O11S/c1-28-8-11-32(12-9-28)64(59,60)51-18-16-33-38(26-53)49-36-13-10-30(25-35(36)43(33)51)29-4-2-5-31(24-29)48-41(55)27-63-23-22-62-21-20-61-19-17-47-37-7-3-6-34-42(37)46(58)52(45(34)57)39-14-15-40(54)50-44(39)56/h2-13,24-25,33,38-39,43,47,49,53H,14-23,26-27H2,1H3,(H,48,55)(H,50,54,56)/t33-,38+,39?,43-/m1/s1. The first-order valence-corrected chi connectivity index (χ1v) is 22.7. The molecular weight excluding hydrogens is 845 g/mol. The third-order valence-corrected chi connectivity index (χ3v) is 13.8. The molecule has 4 aromatic rings. The number of hydrogen-bond donors (Lipinski definition) is 5. The van der Waals surface area contributed by atoms with Gasteiger partial charge in [0, 0.05) is 42.5 Å². The van der Waals surface area contributed by atoms with Crippen LogP contribution in [0.5, 0.6) is 0 Å². The van der Waals surface area contributed by atoms with Crippen molar-refractivity contribution in [3.05, 3.63) is 107 Å². The van der Waals surface area contributed by atoms with Crippen LogP contribution >= 0.6 is 0 Å². The summed E-state index contributed by atoms with van der Waals surface area (Å²) in [5.41, 5.74) is 5.62. The molecule has 1 unspecified atom stereocenters. The van der Waals surface area contributed by atoms with Crippen molar-refractivity contribution < 1.29 is 51.7 Å². The molecule has 0 spiro atoms. The summed E-state index contributed by atoms with van der Waals surface area (Å²) in [6.07, 6.45) is 0.724. The van der Waals surface area contributed by atoms with Crippen LogP contribution in [0.15, 0.2) is 89.8 Å². The smallest absolute Gasteiger partial charge is 0.264 e. The van der Waals surface area contributed by atoms with Crippen molar-refractivity contribution in [3.8, 4) is 11.1 Å². The Morgan fingerprint density at radius 2 is 1.58 bits per heavy atom. The molecule has 5 N–H and O–H groups in total. The molecule has 4 aromatic carbocycles. The Hall–Kier alpha value is -6.02. The number of carbonyl (C=O) groups is 5. The highest BCUT2D eigenvalue weighted by molar-refractivity contribution is 7.89. The minimum atomic E-state index is -3.82. The summed E-state index contributed by atoms with van der Waals surface area (Å²) in [6, 6.07) is 23.1. The number of anilines is 3. The van der Waals surface area contributed by atoms with Crippen LogP contribution in [-0.2, 0) is 38.6 Å². The highest BCUT2D eigenvalue weighted by Crippen LogP contribution is 2.49. The van der Waals surface area contributed by atoms with Gasteiger partial charge in [0.25, 0.3) is 11.8 Å². The third-order valence-electron chi connectivity index (χ3n) is 11.9. The quantitative estimate of drug-likeness (QED) is 0.0712. The molecule has 0 radical (unpaired) electrons. The van der Waals surface area contributed by atoms with Crippen molar-refractivity contribution in [2.75, 3.05) is 75.3 Å². The summed E-state index contributed by atoms with van der Waals surface area (Å²) < 4.78 is 46.2. The fourth-order valence-corrected chi connectivity index (χ4v) is 10.5. The maximum atomic E-state index is 14.0. The number of aliphatic hydroxyl groups excluding tert-OH is 1. The van der Waals surface area contributed by atoms with E-state index in [0.717, 1.165) is 32.8 Å². The molecule has 64 heavy (non-hydrogen) atoms. The average Bonchev–Trinajstić information content (AvgIpc) is 3.85. The van der Waals surface area contributed by atoms with E-state index in [2.05, 4.69) is 21.3 Å². The van der Waals surface area contributed by atoms with Gasteiger partial charge in [-0.25, -0.2) is 8.42 Å². The van der Waals surface area contributed by atoms with Crippen LogP contribution in [0.3, 0.4) is 0 Å². The van der Waals surface area contributed by atoms with E-state index in [0.29, 0.717) is 30.9 Å². The summed E-state index contributed by atoms with van der Waals surface area (Å²) in [6.45, 7) is 3.51. The van der Waals surface area contributed by atoms with Crippen molar-refractivity contribution in [1.82, 2.24) is 14.5 Å². The van der Waals surface area contributed by atoms with Crippen LogP contribution in [-0.4, -0.2) is 124 Å². The van der Waals surface area contributed by atoms with Gasteiger partial charge >= 0.3 is 0 Å². The number of hydrogen-bond acceptors (Lipinski definition) is 13. The molecule has 4 aliphatic heterocycles. The summed E-state index contributed by atoms with van der Waals surface area (Å²) in [7, 11) is -3.82. The number of carbonyl (C=O) groups excluding carboxylic acids is 5. The normalized spacial score (nSPS) is 20.6. The van der Waals surface area contributed by atoms with E-state index in [4.69, 9.17) is 14.2 Å². The molecule has 4 atom stereocenters. The number of fused-ring (bicyclic) bond motifs is 4. The number of imide groups is 2. The van der Waals surface area contributed by atoms with E-state index < -0.39 is 45.7 Å². The molecule has 18 heteroatoms. The predicted molar refractivity (Wildman–Crippen MR) is 235 cm³/mol. The second kappa shape index (κ2) is 19.4. The molecule has 4 heterocycles. The zero-order valence-corrected chi connectivity index (χ0v) is 36.0. The maximum Gasteiger partial charge on any atom is 0.264 e. The van der Waals surface area contributed by atoms with E-state index in [1.54, 1.807) is 46.8 Å². The molecule has 0 saturated carbocycles. The minimum absolute atomic E-state index is 0.0416. The molecule has 4 aliphatic rings. The first-order valence-electron chi connectivity index (χ1n) is 21.3. The molecular formula is C46H50N6O11S. The van der Waals surface area contributed by atoms with Crippen LogP contribution < -0.4 is 21.3 Å². The molecule has 2 fully saturated rings. The van der Waals surface area contributed by atoms with E-state index in [9.17, 15) is 37.5 Å². The van der Waals surface area contributed by atoms with Crippen LogP contribution in [0.25, 0.3) is 11.1 Å². The largest absolute Gasteiger partial charge is 0.394 e. The summed E-state index contributed by atoms with van der Waals surface area (Å²) in [4.78, 5) is 64.2. The van der Waals surface area contributed by atoms with Gasteiger partial charge in [-0.1, -0.05) is 42.0 Å². The molecule has 5 amide bonds. The zero-order chi connectivity index (χ0) is 45.0. The van der Waals surface area contributed by atoms with Gasteiger partial charge in [0.15, 0.2) is 0 Å². The number of nitrogens with zero attached hydrogens (tertiary/aromatic N) is 2. The average molecular weight is 895 g/mol. The van der Waals surface area contributed by atoms with Gasteiger partial charge in [-0.3, -0.25) is 34.2 Å². The Morgan fingerprint density at radius 3 is 2.34 bits per heavy atom. The highest BCUT2D eigenvalue weighted by Gasteiger charge is 2.49. The molecule has 17 nitrogen and oxygen atoms in total. The maximum absolute atomic E-state index is 14.0. The second-order valence-electron chi connectivity index (χ2n) is 16.1. The lowest BCUT2D eigenvalue weighted by molar-refractivity contribution is -0.136. The number of benzene rings is 4. The number of nitrogens with one attached hydrogen (secondary N) is 4. The van der Waals surface area contributed by atoms with E-state index in [-0.39, 0.29) is 93.0 Å². The van der Waals surface area contributed by atoms with Gasteiger partial charge in [0.2, 0.25) is 27.7 Å². The molecule has 336 valence electrons. The predicted octanol–water partition coefficient (Wildman–Crippen LogP) is 3.70. The van der Waals surface area contributed by atoms with Crippen LogP contribution in [0, 0.1) is 12.8 Å². The SMILES string of the molecule is Cc1ccc(S(=O)(=O)N2CC[C@@H]3[C@H](CO)Nc4ccc(-c5cccc(NC(=O)COCCOCCOCCNc6cccc7c6C(=O)N(C6CCC(=O)NC6=O)C7=O)c5)cc4[C@@H]32)cc1. The van der Waals surface area contributed by atoms with Gasteiger partial charge in [-0.2, -0.15) is 4.31 Å². The lowest BCUT2D eigenvalue weighted by atomic mass is 9.82. The number of aryl methyl sites for hydroxylation is 1. The molecule has 0 aliphatic carbocycles. The topological polar surface area (TPSA) is 222 Å². The zero-order valence-electron chi connectivity index (χ0n) is 35.2. The van der Waals surface area contributed by atoms with Crippen molar-refractivity contribution in [3.63, 3.8) is 0 Å². The summed E-state index contributed by atoms with van der Waals surface area (Å²) in [5, 5.41) is 21.9. The Labute approximate surface area is 370 Å². The molecule has 8 rings (SSSR count). The number of rotatable bonds is 18. The number of ether oxygens (including phenoxy) is 3. The summed E-state index contributed by atoms with van der Waals surface area (Å²) >= 11 is 0. The molecule has 0 bridgehead atoms. The van der Waals surface area contributed by atoms with Gasteiger partial charge in [-0.05, 0) is 85.0 Å². The lowest BCUT2D eigenvalue weighted by Crippen LogP contribution is -2.54. The number of piperidine rings is 1. The minimum Gasteiger partial charge on any atom is -0.394 e. The Morgan fingerprint density at radius 1 is 0.844 bits per heavy atom. The third kappa shape index (κ3) is 9.29. The van der Waals surface area contributed by atoms with Crippen LogP contribution in [0.2, 0.25) is 0 Å². The van der Waals surface area contributed by atoms with Crippen molar-refractivity contribution in [2.45, 2.75) is 49.2 Å². The fourth-order valence-electron chi connectivity index (χ4n) is 8.81. The monoisotopic (exact) mass is 894 g/mol. The number of amides is 5. The van der Waals surface area contributed by atoms with Crippen LogP contribution in [0.4, 0.5) is 17.1 Å². The lowest BCUT2D eigenvalue weighted by Gasteiger charge is -2.39. The van der Waals surface area contributed by atoms with Crippen molar-refractivity contribution in [1.29, 1.82) is 0 Å². The van der Waals surface area contributed by atoms with Gasteiger partial charge in [0.05, 0.1) is 67.7 Å². The first-order chi connectivity index (χ1) is 30.9. The van der Waals surface area contributed by atoms with E-state index in [1.807, 2.05) is 43.3 Å². The first kappa shape index (κ1) is 44.6. The highest BCUT2D eigenvalue weighted by atomic mass is 32.2. The second-order valence-corrected chi connectivity index (χ2v) is 18.0. The summed E-state index contributed by atoms with van der Waals surface area (Å²) in [5.74, 6) is -2.74. The molecule has 2 saturated heterocycles. The Kier molecular flexibility index (Phi) is 13.5. The van der Waals surface area contributed by atoms with E-state index in [1.165, 1.54) is 6.07 Å². The fraction of sp³-hybridized carbons (Fsp3) is 0.370. The van der Waals surface area contributed by atoms with Crippen molar-refractivity contribution >= 4 is 56.6 Å².